The van der Waals surface area contributed by atoms with E-state index in [0.717, 1.165) is 27.9 Å². The van der Waals surface area contributed by atoms with E-state index < -0.39 is 0 Å². The summed E-state index contributed by atoms with van der Waals surface area (Å²) in [5, 5.41) is 0.724. The summed E-state index contributed by atoms with van der Waals surface area (Å²) >= 11 is 9.52. The average molecular weight is 337 g/mol. The molecule has 0 aliphatic heterocycles. The van der Waals surface area contributed by atoms with Crippen molar-refractivity contribution >= 4 is 27.5 Å². The molecule has 3 rings (SSSR count). The molecule has 2 atom stereocenters. The van der Waals surface area contributed by atoms with Crippen molar-refractivity contribution in [1.82, 2.24) is 0 Å². The lowest BCUT2D eigenvalue weighted by Gasteiger charge is -2.32. The van der Waals surface area contributed by atoms with Gasteiger partial charge in [0, 0.05) is 10.5 Å². The molecule has 2 aromatic carbocycles. The third-order valence-electron chi connectivity index (χ3n) is 3.87. The highest BCUT2D eigenvalue weighted by atomic mass is 79.9. The van der Waals surface area contributed by atoms with Crippen molar-refractivity contribution in [2.24, 2.45) is 5.73 Å². The van der Waals surface area contributed by atoms with Gasteiger partial charge in [-0.05, 0) is 63.5 Å². The van der Waals surface area contributed by atoms with E-state index in [0.29, 0.717) is 5.92 Å². The fraction of sp³-hybridized carbons (Fsp3) is 0.250. The van der Waals surface area contributed by atoms with E-state index in [1.165, 1.54) is 11.1 Å². The van der Waals surface area contributed by atoms with Gasteiger partial charge in [-0.1, -0.05) is 41.9 Å². The van der Waals surface area contributed by atoms with Crippen LogP contribution in [0.1, 0.15) is 35.1 Å². The Hall–Kier alpha value is -0.830. The highest BCUT2D eigenvalue weighted by Gasteiger charge is 2.27. The molecule has 1 aliphatic rings. The molecule has 0 fully saturated rings. The summed E-state index contributed by atoms with van der Waals surface area (Å²) in [6.45, 7) is 0. The Morgan fingerprint density at radius 2 is 2.05 bits per heavy atom. The average Bonchev–Trinajstić information content (AvgIpc) is 2.39. The zero-order valence-electron chi connectivity index (χ0n) is 10.4. The second-order valence-electron chi connectivity index (χ2n) is 5.12. The van der Waals surface area contributed by atoms with Gasteiger partial charge < -0.3 is 5.73 Å². The number of hydrogen-bond acceptors (Lipinski definition) is 1. The van der Waals surface area contributed by atoms with Gasteiger partial charge in [-0.25, -0.2) is 0 Å². The molecule has 0 spiro atoms. The first-order valence-corrected chi connectivity index (χ1v) is 7.60. The summed E-state index contributed by atoms with van der Waals surface area (Å²) in [6, 6.07) is 14.6. The van der Waals surface area contributed by atoms with Gasteiger partial charge >= 0.3 is 0 Å². The van der Waals surface area contributed by atoms with Crippen LogP contribution in [0.15, 0.2) is 46.9 Å². The standard InChI is InChI=1S/C16H15BrClN/c17-14-6-5-11(8-15(14)18)16(19)9-12-7-10-3-1-2-4-13(10)12/h1-6,8,12,16H,7,9,19H2. The number of nitrogens with two attached hydrogens (primary N) is 1. The zero-order chi connectivity index (χ0) is 13.4. The minimum Gasteiger partial charge on any atom is -0.324 e. The summed E-state index contributed by atoms with van der Waals surface area (Å²) in [4.78, 5) is 0. The first-order valence-electron chi connectivity index (χ1n) is 6.43. The summed E-state index contributed by atoms with van der Waals surface area (Å²) in [6.07, 6.45) is 2.13. The van der Waals surface area contributed by atoms with Gasteiger partial charge in [-0.3, -0.25) is 0 Å². The van der Waals surface area contributed by atoms with Crippen molar-refractivity contribution in [3.05, 3.63) is 68.7 Å². The van der Waals surface area contributed by atoms with E-state index in [-0.39, 0.29) is 6.04 Å². The number of rotatable bonds is 3. The molecular weight excluding hydrogens is 322 g/mol. The van der Waals surface area contributed by atoms with Crippen LogP contribution < -0.4 is 5.73 Å². The highest BCUT2D eigenvalue weighted by molar-refractivity contribution is 9.10. The zero-order valence-corrected chi connectivity index (χ0v) is 12.8. The second kappa shape index (κ2) is 5.28. The van der Waals surface area contributed by atoms with Crippen LogP contribution in [-0.2, 0) is 6.42 Å². The maximum atomic E-state index is 6.31. The fourth-order valence-electron chi connectivity index (χ4n) is 2.76. The van der Waals surface area contributed by atoms with Gasteiger partial charge in [0.05, 0.1) is 5.02 Å². The van der Waals surface area contributed by atoms with Crippen molar-refractivity contribution in [3.63, 3.8) is 0 Å². The van der Waals surface area contributed by atoms with Gasteiger partial charge in [0.15, 0.2) is 0 Å². The fourth-order valence-corrected chi connectivity index (χ4v) is 3.19. The Labute approximate surface area is 126 Å². The van der Waals surface area contributed by atoms with Gasteiger partial charge in [0.25, 0.3) is 0 Å². The lowest BCUT2D eigenvalue weighted by atomic mass is 9.74. The minimum absolute atomic E-state index is 0.0453. The van der Waals surface area contributed by atoms with Crippen LogP contribution in [0.4, 0.5) is 0 Å². The molecule has 1 nitrogen and oxygen atoms in total. The molecule has 0 aromatic heterocycles. The molecule has 0 radical (unpaired) electrons. The predicted octanol–water partition coefficient (Wildman–Crippen LogP) is 4.83. The minimum atomic E-state index is 0.0453. The lowest BCUT2D eigenvalue weighted by Crippen LogP contribution is -2.22. The third-order valence-corrected chi connectivity index (χ3v) is 5.10. The molecule has 0 bridgehead atoms. The molecule has 0 amide bonds. The van der Waals surface area contributed by atoms with Crippen LogP contribution in [0.5, 0.6) is 0 Å². The monoisotopic (exact) mass is 335 g/mol. The van der Waals surface area contributed by atoms with Crippen LogP contribution in [0.2, 0.25) is 5.02 Å². The Bertz CT molecular complexity index is 611. The summed E-state index contributed by atoms with van der Waals surface area (Å²) in [7, 11) is 0. The van der Waals surface area contributed by atoms with Gasteiger partial charge in [0.1, 0.15) is 0 Å². The predicted molar refractivity (Wildman–Crippen MR) is 83.6 cm³/mol. The summed E-state index contributed by atoms with van der Waals surface area (Å²) in [5.41, 5.74) is 10.3. The van der Waals surface area contributed by atoms with E-state index in [4.69, 9.17) is 17.3 Å². The molecule has 2 aromatic rings. The smallest absolute Gasteiger partial charge is 0.0551 e. The topological polar surface area (TPSA) is 26.0 Å². The lowest BCUT2D eigenvalue weighted by molar-refractivity contribution is 0.498. The van der Waals surface area contributed by atoms with Crippen molar-refractivity contribution in [2.45, 2.75) is 24.8 Å². The van der Waals surface area contributed by atoms with E-state index >= 15 is 0 Å². The van der Waals surface area contributed by atoms with Gasteiger partial charge in [-0.15, -0.1) is 0 Å². The van der Waals surface area contributed by atoms with Crippen molar-refractivity contribution in [1.29, 1.82) is 0 Å². The Morgan fingerprint density at radius 1 is 1.26 bits per heavy atom. The van der Waals surface area contributed by atoms with Crippen molar-refractivity contribution < 1.29 is 0 Å². The van der Waals surface area contributed by atoms with Crippen LogP contribution in [0.25, 0.3) is 0 Å². The third kappa shape index (κ3) is 2.58. The first kappa shape index (κ1) is 13.2. The quantitative estimate of drug-likeness (QED) is 0.853. The molecule has 0 heterocycles. The summed E-state index contributed by atoms with van der Waals surface area (Å²) in [5.74, 6) is 0.591. The van der Waals surface area contributed by atoms with Crippen LogP contribution in [0.3, 0.4) is 0 Å². The maximum Gasteiger partial charge on any atom is 0.0551 e. The van der Waals surface area contributed by atoms with Gasteiger partial charge in [0.2, 0.25) is 0 Å². The molecular formula is C16H15BrClN. The Balaban J connectivity index is 1.73. The molecule has 1 aliphatic carbocycles. The van der Waals surface area contributed by atoms with E-state index in [1.54, 1.807) is 0 Å². The number of hydrogen-bond donors (Lipinski definition) is 1. The first-order chi connectivity index (χ1) is 9.15. The molecule has 2 unspecified atom stereocenters. The molecule has 3 heteroatoms. The van der Waals surface area contributed by atoms with E-state index in [1.807, 2.05) is 18.2 Å². The molecule has 0 saturated carbocycles. The van der Waals surface area contributed by atoms with Gasteiger partial charge in [-0.2, -0.15) is 0 Å². The molecule has 2 N–H and O–H groups in total. The normalized spacial score (nSPS) is 18.6. The molecule has 98 valence electrons. The maximum absolute atomic E-state index is 6.31. The van der Waals surface area contributed by atoms with Crippen LogP contribution in [-0.4, -0.2) is 0 Å². The Kier molecular flexibility index (Phi) is 3.66. The number of fused-ring (bicyclic) bond motifs is 1. The number of benzene rings is 2. The summed E-state index contributed by atoms with van der Waals surface area (Å²) < 4.78 is 0.916. The van der Waals surface area contributed by atoms with Crippen molar-refractivity contribution in [2.75, 3.05) is 0 Å². The van der Waals surface area contributed by atoms with E-state index in [9.17, 15) is 0 Å². The highest BCUT2D eigenvalue weighted by Crippen LogP contribution is 2.40. The second-order valence-corrected chi connectivity index (χ2v) is 6.38. The SMILES string of the molecule is NC(CC1Cc2ccccc21)c1ccc(Br)c(Cl)c1. The molecule has 0 saturated heterocycles. The van der Waals surface area contributed by atoms with E-state index in [2.05, 4.69) is 40.2 Å². The largest absolute Gasteiger partial charge is 0.324 e. The van der Waals surface area contributed by atoms with Crippen molar-refractivity contribution in [3.8, 4) is 0 Å². The Morgan fingerprint density at radius 3 is 2.79 bits per heavy atom. The number of halogens is 2. The molecule has 19 heavy (non-hydrogen) atoms. The van der Waals surface area contributed by atoms with Crippen LogP contribution >= 0.6 is 27.5 Å². The van der Waals surface area contributed by atoms with Crippen LogP contribution in [0, 0.1) is 0 Å².